The summed E-state index contributed by atoms with van der Waals surface area (Å²) in [6.45, 7) is 0. The Kier molecular flexibility index (Phi) is 3.33. The van der Waals surface area contributed by atoms with E-state index in [9.17, 15) is 15.2 Å². The minimum Gasteiger partial charge on any atom is -0.507 e. The molecule has 5 nitrogen and oxygen atoms in total. The van der Waals surface area contributed by atoms with E-state index in [0.29, 0.717) is 11.3 Å². The molecule has 2 rings (SSSR count). The lowest BCUT2D eigenvalue weighted by atomic mass is 10.2. The van der Waals surface area contributed by atoms with Gasteiger partial charge in [0, 0.05) is 23.9 Å². The number of phenolic OH excluding ortho intramolecular Hbond substituents is 1. The van der Waals surface area contributed by atoms with Crippen molar-refractivity contribution >= 4 is 17.6 Å². The highest BCUT2D eigenvalue weighted by molar-refractivity contribution is 5.85. The van der Waals surface area contributed by atoms with E-state index < -0.39 is 4.92 Å². The van der Waals surface area contributed by atoms with Gasteiger partial charge in [-0.3, -0.25) is 15.1 Å². The van der Waals surface area contributed by atoms with Gasteiger partial charge in [0.2, 0.25) is 0 Å². The van der Waals surface area contributed by atoms with Crippen molar-refractivity contribution in [3.8, 4) is 5.75 Å². The molecule has 0 aliphatic rings. The standard InChI is InChI=1S/C13H10N2O3/c16-13-4-2-1-3-10(13)9-14-11-5-7-12(8-6-11)15(17)18/h1-9,16H/b14-9+. The summed E-state index contributed by atoms with van der Waals surface area (Å²) in [5.74, 6) is 0.142. The van der Waals surface area contributed by atoms with Crippen LogP contribution in [0.3, 0.4) is 0 Å². The van der Waals surface area contributed by atoms with Gasteiger partial charge < -0.3 is 5.11 Å². The Morgan fingerprint density at radius 2 is 1.78 bits per heavy atom. The quantitative estimate of drug-likeness (QED) is 0.510. The van der Waals surface area contributed by atoms with Crippen LogP contribution >= 0.6 is 0 Å². The molecule has 2 aromatic carbocycles. The molecule has 18 heavy (non-hydrogen) atoms. The fraction of sp³-hybridized carbons (Fsp3) is 0. The summed E-state index contributed by atoms with van der Waals surface area (Å²) < 4.78 is 0. The number of hydrogen-bond donors (Lipinski definition) is 1. The molecule has 1 N–H and O–H groups in total. The molecule has 0 bridgehead atoms. The highest BCUT2D eigenvalue weighted by Gasteiger charge is 2.02. The van der Waals surface area contributed by atoms with Crippen molar-refractivity contribution in [1.29, 1.82) is 0 Å². The number of benzene rings is 2. The topological polar surface area (TPSA) is 75.7 Å². The summed E-state index contributed by atoms with van der Waals surface area (Å²) in [6.07, 6.45) is 1.51. The zero-order chi connectivity index (χ0) is 13.0. The first-order valence-electron chi connectivity index (χ1n) is 5.23. The lowest BCUT2D eigenvalue weighted by molar-refractivity contribution is -0.384. The number of para-hydroxylation sites is 1. The number of rotatable bonds is 3. The lowest BCUT2D eigenvalue weighted by Gasteiger charge is -1.97. The number of aromatic hydroxyl groups is 1. The van der Waals surface area contributed by atoms with E-state index in [2.05, 4.69) is 4.99 Å². The number of hydrogen-bond acceptors (Lipinski definition) is 4. The monoisotopic (exact) mass is 242 g/mol. The predicted molar refractivity (Wildman–Crippen MR) is 68.5 cm³/mol. The van der Waals surface area contributed by atoms with E-state index in [1.807, 2.05) is 0 Å². The van der Waals surface area contributed by atoms with Gasteiger partial charge in [0.25, 0.3) is 5.69 Å². The molecule has 5 heteroatoms. The molecule has 0 saturated heterocycles. The van der Waals surface area contributed by atoms with Gasteiger partial charge in [-0.25, -0.2) is 0 Å². The van der Waals surface area contributed by atoms with Gasteiger partial charge in [-0.1, -0.05) is 12.1 Å². The molecular weight excluding hydrogens is 232 g/mol. The van der Waals surface area contributed by atoms with Gasteiger partial charge in [0.15, 0.2) is 0 Å². The van der Waals surface area contributed by atoms with Crippen LogP contribution in [-0.4, -0.2) is 16.2 Å². The Balaban J connectivity index is 2.19. The van der Waals surface area contributed by atoms with Crippen LogP contribution in [0.1, 0.15) is 5.56 Å². The Labute approximate surface area is 103 Å². The predicted octanol–water partition coefficient (Wildman–Crippen LogP) is 3.05. The molecular formula is C13H10N2O3. The third-order valence-electron chi connectivity index (χ3n) is 2.35. The number of aliphatic imine (C=N–C) groups is 1. The van der Waals surface area contributed by atoms with Crippen LogP contribution in [0.5, 0.6) is 5.75 Å². The van der Waals surface area contributed by atoms with Crippen molar-refractivity contribution in [2.75, 3.05) is 0 Å². The van der Waals surface area contributed by atoms with Crippen LogP contribution in [-0.2, 0) is 0 Å². The Morgan fingerprint density at radius 3 is 2.39 bits per heavy atom. The number of nitrogens with zero attached hydrogens (tertiary/aromatic N) is 2. The Morgan fingerprint density at radius 1 is 1.11 bits per heavy atom. The molecule has 0 heterocycles. The normalized spacial score (nSPS) is 10.7. The van der Waals surface area contributed by atoms with Crippen LogP contribution in [0, 0.1) is 10.1 Å². The first kappa shape index (κ1) is 11.8. The van der Waals surface area contributed by atoms with Gasteiger partial charge in [-0.05, 0) is 24.3 Å². The van der Waals surface area contributed by atoms with E-state index in [1.165, 1.54) is 18.3 Å². The second-order valence-corrected chi connectivity index (χ2v) is 3.59. The molecule has 0 unspecified atom stereocenters. The van der Waals surface area contributed by atoms with Gasteiger partial charge >= 0.3 is 0 Å². The summed E-state index contributed by atoms with van der Waals surface area (Å²) in [4.78, 5) is 14.1. The van der Waals surface area contributed by atoms with Crippen molar-refractivity contribution in [2.45, 2.75) is 0 Å². The molecule has 90 valence electrons. The molecule has 0 aliphatic carbocycles. The van der Waals surface area contributed by atoms with Crippen LogP contribution in [0.15, 0.2) is 53.5 Å². The molecule has 0 saturated carbocycles. The average Bonchev–Trinajstić information content (AvgIpc) is 2.38. The van der Waals surface area contributed by atoms with Crippen LogP contribution in [0.4, 0.5) is 11.4 Å². The molecule has 0 fully saturated rings. The number of non-ortho nitro benzene ring substituents is 1. The number of phenols is 1. The summed E-state index contributed by atoms with van der Waals surface area (Å²) in [5.41, 5.74) is 1.20. The van der Waals surface area contributed by atoms with Gasteiger partial charge in [-0.2, -0.15) is 0 Å². The minimum atomic E-state index is -0.462. The van der Waals surface area contributed by atoms with Crippen molar-refractivity contribution in [3.63, 3.8) is 0 Å². The van der Waals surface area contributed by atoms with E-state index in [1.54, 1.807) is 36.4 Å². The van der Waals surface area contributed by atoms with Crippen LogP contribution in [0.2, 0.25) is 0 Å². The van der Waals surface area contributed by atoms with Crippen molar-refractivity contribution in [1.82, 2.24) is 0 Å². The number of nitro groups is 1. The fourth-order valence-corrected chi connectivity index (χ4v) is 1.40. The van der Waals surface area contributed by atoms with Gasteiger partial charge in [-0.15, -0.1) is 0 Å². The van der Waals surface area contributed by atoms with E-state index in [-0.39, 0.29) is 11.4 Å². The first-order chi connectivity index (χ1) is 8.66. The third-order valence-corrected chi connectivity index (χ3v) is 2.35. The molecule has 0 amide bonds. The summed E-state index contributed by atoms with van der Waals surface area (Å²) in [6, 6.07) is 12.7. The molecule has 0 aromatic heterocycles. The second-order valence-electron chi connectivity index (χ2n) is 3.59. The molecule has 2 aromatic rings. The Bertz CT molecular complexity index is 591. The average molecular weight is 242 g/mol. The van der Waals surface area contributed by atoms with Crippen molar-refractivity contribution < 1.29 is 10.0 Å². The zero-order valence-electron chi connectivity index (χ0n) is 9.35. The van der Waals surface area contributed by atoms with Gasteiger partial charge in [0.1, 0.15) is 5.75 Å². The summed E-state index contributed by atoms with van der Waals surface area (Å²) in [5, 5.41) is 20.0. The van der Waals surface area contributed by atoms with E-state index >= 15 is 0 Å². The maximum absolute atomic E-state index is 10.5. The Hall–Kier alpha value is -2.69. The molecule has 0 atom stereocenters. The third kappa shape index (κ3) is 2.70. The van der Waals surface area contributed by atoms with Crippen LogP contribution < -0.4 is 0 Å². The van der Waals surface area contributed by atoms with Gasteiger partial charge in [0.05, 0.1) is 10.6 Å². The second kappa shape index (κ2) is 5.09. The lowest BCUT2D eigenvalue weighted by Crippen LogP contribution is -1.86. The van der Waals surface area contributed by atoms with Crippen molar-refractivity contribution in [2.24, 2.45) is 4.99 Å². The highest BCUT2D eigenvalue weighted by Crippen LogP contribution is 2.19. The summed E-state index contributed by atoms with van der Waals surface area (Å²) in [7, 11) is 0. The van der Waals surface area contributed by atoms with E-state index in [4.69, 9.17) is 0 Å². The maximum Gasteiger partial charge on any atom is 0.269 e. The minimum absolute atomic E-state index is 0.0245. The maximum atomic E-state index is 10.5. The molecule has 0 spiro atoms. The molecule has 0 radical (unpaired) electrons. The summed E-state index contributed by atoms with van der Waals surface area (Å²) >= 11 is 0. The largest absolute Gasteiger partial charge is 0.507 e. The highest BCUT2D eigenvalue weighted by atomic mass is 16.6. The molecule has 0 aliphatic heterocycles. The smallest absolute Gasteiger partial charge is 0.269 e. The number of nitro benzene ring substituents is 1. The zero-order valence-corrected chi connectivity index (χ0v) is 9.35. The first-order valence-corrected chi connectivity index (χ1v) is 5.23. The van der Waals surface area contributed by atoms with Crippen LogP contribution in [0.25, 0.3) is 0 Å². The SMILES string of the molecule is O=[N+]([O-])c1ccc(/N=C/c2ccccc2O)cc1. The van der Waals surface area contributed by atoms with Crippen molar-refractivity contribution in [3.05, 3.63) is 64.2 Å². The fourth-order valence-electron chi connectivity index (χ4n) is 1.40. The van der Waals surface area contributed by atoms with E-state index in [0.717, 1.165) is 0 Å².